The molecule has 0 heterocycles. The third kappa shape index (κ3) is 6.22. The van der Waals surface area contributed by atoms with Gasteiger partial charge < -0.3 is 15.8 Å². The fourth-order valence-corrected chi connectivity index (χ4v) is 1.50. The number of nitrogens with two attached hydrogens (primary N) is 1. The first-order valence-corrected chi connectivity index (χ1v) is 6.25. The van der Waals surface area contributed by atoms with E-state index in [1.165, 1.54) is 0 Å². The fraction of sp³-hybridized carbons (Fsp3) is 0.538. The van der Waals surface area contributed by atoms with Crippen LogP contribution in [0.1, 0.15) is 26.2 Å². The van der Waals surface area contributed by atoms with Crippen LogP contribution in [0.3, 0.4) is 0 Å². The summed E-state index contributed by atoms with van der Waals surface area (Å²) < 4.78 is 41.4. The van der Waals surface area contributed by atoms with Gasteiger partial charge in [0.1, 0.15) is 5.75 Å². The number of hydrogen-bond donors (Lipinski definition) is 2. The van der Waals surface area contributed by atoms with E-state index >= 15 is 0 Å². The van der Waals surface area contributed by atoms with Crippen molar-refractivity contribution < 1.29 is 17.9 Å². The number of hydrogen-bond acceptors (Lipinski definition) is 3. The van der Waals surface area contributed by atoms with Gasteiger partial charge in [-0.25, -0.2) is 0 Å². The number of nitrogens with one attached hydrogen (secondary N) is 1. The topological polar surface area (TPSA) is 47.3 Å². The third-order valence-corrected chi connectivity index (χ3v) is 2.44. The first kappa shape index (κ1) is 15.5. The minimum atomic E-state index is -4.10. The minimum absolute atomic E-state index is 0.0407. The van der Waals surface area contributed by atoms with Gasteiger partial charge in [-0.15, -0.1) is 0 Å². The molecule has 0 aliphatic carbocycles. The molecule has 0 radical (unpaired) electrons. The van der Waals surface area contributed by atoms with Gasteiger partial charge >= 0.3 is 6.18 Å². The molecular weight excluding hydrogens is 257 g/mol. The van der Waals surface area contributed by atoms with E-state index in [-0.39, 0.29) is 13.0 Å². The van der Waals surface area contributed by atoms with Gasteiger partial charge in [-0.1, -0.05) is 6.92 Å². The van der Waals surface area contributed by atoms with E-state index in [1.54, 1.807) is 18.2 Å². The average Bonchev–Trinajstić information content (AvgIpc) is 2.33. The van der Waals surface area contributed by atoms with Crippen molar-refractivity contribution in [1.82, 2.24) is 0 Å². The maximum atomic E-state index is 12.0. The number of anilines is 2. The predicted molar refractivity (Wildman–Crippen MR) is 70.4 cm³/mol. The largest absolute Gasteiger partial charge is 0.491 e. The van der Waals surface area contributed by atoms with Crippen molar-refractivity contribution in [3.8, 4) is 5.75 Å². The van der Waals surface area contributed by atoms with E-state index < -0.39 is 12.6 Å². The molecule has 0 aromatic heterocycles. The highest BCUT2D eigenvalue weighted by atomic mass is 19.4. The molecule has 0 atom stereocenters. The van der Waals surface area contributed by atoms with E-state index in [9.17, 15) is 13.2 Å². The van der Waals surface area contributed by atoms with Crippen molar-refractivity contribution in [2.75, 3.05) is 24.2 Å². The molecule has 3 N–H and O–H groups in total. The second kappa shape index (κ2) is 7.11. The lowest BCUT2D eigenvalue weighted by Gasteiger charge is -2.12. The van der Waals surface area contributed by atoms with E-state index in [0.717, 1.165) is 6.42 Å². The summed E-state index contributed by atoms with van der Waals surface area (Å²) >= 11 is 0. The van der Waals surface area contributed by atoms with E-state index in [4.69, 9.17) is 10.5 Å². The van der Waals surface area contributed by atoms with Crippen LogP contribution >= 0.6 is 0 Å². The Kier molecular flexibility index (Phi) is 5.79. The van der Waals surface area contributed by atoms with Gasteiger partial charge in [0.25, 0.3) is 0 Å². The molecule has 6 heteroatoms. The van der Waals surface area contributed by atoms with E-state index in [1.807, 2.05) is 6.92 Å². The first-order chi connectivity index (χ1) is 8.92. The minimum Gasteiger partial charge on any atom is -0.491 e. The van der Waals surface area contributed by atoms with Crippen LogP contribution in [0.5, 0.6) is 5.75 Å². The average molecular weight is 276 g/mol. The fourth-order valence-electron chi connectivity index (χ4n) is 1.50. The molecule has 0 saturated carbocycles. The summed E-state index contributed by atoms with van der Waals surface area (Å²) in [5.41, 5.74) is 6.97. The number of alkyl halides is 3. The SMILES string of the molecule is CCCOc1cc(NCCCC(F)(F)F)ccc1N. The summed E-state index contributed by atoms with van der Waals surface area (Å²) in [4.78, 5) is 0. The summed E-state index contributed by atoms with van der Waals surface area (Å²) in [6.45, 7) is 2.80. The summed E-state index contributed by atoms with van der Waals surface area (Å²) in [6.07, 6.45) is -3.98. The molecular formula is C13H19F3N2O. The van der Waals surface area contributed by atoms with Crippen LogP contribution in [-0.4, -0.2) is 19.3 Å². The standard InChI is InChI=1S/C13H19F3N2O/c1-2-8-19-12-9-10(4-5-11(12)17)18-7-3-6-13(14,15)16/h4-5,9,18H,2-3,6-8,17H2,1H3. The lowest BCUT2D eigenvalue weighted by atomic mass is 10.2. The molecule has 0 spiro atoms. The quantitative estimate of drug-likeness (QED) is 0.588. The Hall–Kier alpha value is -1.59. The Morgan fingerprint density at radius 3 is 2.68 bits per heavy atom. The van der Waals surface area contributed by atoms with E-state index in [2.05, 4.69) is 5.32 Å². The highest BCUT2D eigenvalue weighted by Crippen LogP contribution is 2.26. The highest BCUT2D eigenvalue weighted by Gasteiger charge is 2.25. The molecule has 1 aromatic carbocycles. The van der Waals surface area contributed by atoms with Gasteiger partial charge in [-0.05, 0) is 25.0 Å². The van der Waals surface area contributed by atoms with Crippen LogP contribution in [0, 0.1) is 0 Å². The van der Waals surface area contributed by atoms with Crippen LogP contribution < -0.4 is 15.8 Å². The van der Waals surface area contributed by atoms with Crippen molar-refractivity contribution in [1.29, 1.82) is 0 Å². The molecule has 0 unspecified atom stereocenters. The second-order valence-corrected chi connectivity index (χ2v) is 4.25. The van der Waals surface area contributed by atoms with Crippen LogP contribution in [0.25, 0.3) is 0 Å². The molecule has 0 saturated heterocycles. The number of benzene rings is 1. The lowest BCUT2D eigenvalue weighted by Crippen LogP contribution is -2.11. The highest BCUT2D eigenvalue weighted by molar-refractivity contribution is 5.61. The van der Waals surface area contributed by atoms with Gasteiger partial charge in [-0.3, -0.25) is 0 Å². The second-order valence-electron chi connectivity index (χ2n) is 4.25. The van der Waals surface area contributed by atoms with Crippen LogP contribution in [0.2, 0.25) is 0 Å². The summed E-state index contributed by atoms with van der Waals surface area (Å²) in [5.74, 6) is 0.558. The zero-order valence-corrected chi connectivity index (χ0v) is 10.9. The normalized spacial score (nSPS) is 11.4. The van der Waals surface area contributed by atoms with E-state index in [0.29, 0.717) is 23.7 Å². The van der Waals surface area contributed by atoms with Gasteiger partial charge in [0.05, 0.1) is 12.3 Å². The third-order valence-electron chi connectivity index (χ3n) is 2.44. The summed E-state index contributed by atoms with van der Waals surface area (Å²) in [5, 5.41) is 2.93. The zero-order valence-electron chi connectivity index (χ0n) is 10.9. The summed E-state index contributed by atoms with van der Waals surface area (Å²) in [7, 11) is 0. The molecule has 0 aliphatic rings. The van der Waals surface area contributed by atoms with Crippen molar-refractivity contribution in [3.05, 3.63) is 18.2 Å². The van der Waals surface area contributed by atoms with Gasteiger partial charge in [-0.2, -0.15) is 13.2 Å². The van der Waals surface area contributed by atoms with Crippen LogP contribution in [0.4, 0.5) is 24.5 Å². The molecule has 0 fully saturated rings. The number of nitrogen functional groups attached to an aromatic ring is 1. The Balaban J connectivity index is 2.45. The van der Waals surface area contributed by atoms with Gasteiger partial charge in [0, 0.05) is 24.7 Å². The Labute approximate surface area is 110 Å². The first-order valence-electron chi connectivity index (χ1n) is 6.25. The van der Waals surface area contributed by atoms with Crippen LogP contribution in [0.15, 0.2) is 18.2 Å². The summed E-state index contributed by atoms with van der Waals surface area (Å²) in [6, 6.07) is 5.11. The monoisotopic (exact) mass is 276 g/mol. The molecule has 108 valence electrons. The number of rotatable bonds is 7. The van der Waals surface area contributed by atoms with Crippen molar-refractivity contribution in [3.63, 3.8) is 0 Å². The maximum Gasteiger partial charge on any atom is 0.389 e. The molecule has 0 bridgehead atoms. The maximum absolute atomic E-state index is 12.0. The van der Waals surface area contributed by atoms with Crippen molar-refractivity contribution >= 4 is 11.4 Å². The Morgan fingerprint density at radius 1 is 1.32 bits per heavy atom. The molecule has 19 heavy (non-hydrogen) atoms. The number of ether oxygens (including phenoxy) is 1. The lowest BCUT2D eigenvalue weighted by molar-refractivity contribution is -0.134. The Morgan fingerprint density at radius 2 is 2.05 bits per heavy atom. The Bertz CT molecular complexity index is 394. The van der Waals surface area contributed by atoms with Gasteiger partial charge in [0.15, 0.2) is 0 Å². The predicted octanol–water partition coefficient (Wildman–Crippen LogP) is 3.81. The smallest absolute Gasteiger partial charge is 0.389 e. The molecule has 0 amide bonds. The van der Waals surface area contributed by atoms with Crippen molar-refractivity contribution in [2.24, 2.45) is 0 Å². The molecule has 0 aliphatic heterocycles. The molecule has 3 nitrogen and oxygen atoms in total. The van der Waals surface area contributed by atoms with Crippen molar-refractivity contribution in [2.45, 2.75) is 32.4 Å². The number of halogens is 3. The zero-order chi connectivity index (χ0) is 14.3. The molecule has 1 aromatic rings. The molecule has 1 rings (SSSR count). The van der Waals surface area contributed by atoms with Crippen LogP contribution in [-0.2, 0) is 0 Å². The van der Waals surface area contributed by atoms with Gasteiger partial charge in [0.2, 0.25) is 0 Å².